The minimum Gasteiger partial charge on any atom is -0.497 e. The normalized spacial score (nSPS) is 14.9. The fraction of sp³-hybridized carbons (Fsp3) is 0.400. The fourth-order valence-corrected chi connectivity index (χ4v) is 1.16. The smallest absolute Gasteiger partial charge is 0.128 e. The van der Waals surface area contributed by atoms with Gasteiger partial charge in [-0.1, -0.05) is 0 Å². The third-order valence-corrected chi connectivity index (χ3v) is 2.08. The molecule has 0 aliphatic heterocycles. The Labute approximate surface area is 82.3 Å². The second-order valence-corrected chi connectivity index (χ2v) is 3.15. The van der Waals surface area contributed by atoms with Crippen LogP contribution >= 0.6 is 0 Å². The highest BCUT2D eigenvalue weighted by Gasteiger charge is 2.16. The van der Waals surface area contributed by atoms with E-state index < -0.39 is 18.0 Å². The maximum Gasteiger partial charge on any atom is 0.128 e. The van der Waals surface area contributed by atoms with Gasteiger partial charge in [0.25, 0.3) is 0 Å². The first-order valence-electron chi connectivity index (χ1n) is 4.33. The van der Waals surface area contributed by atoms with Crippen LogP contribution in [0.25, 0.3) is 0 Å². The van der Waals surface area contributed by atoms with Crippen molar-refractivity contribution < 1.29 is 14.2 Å². The van der Waals surface area contributed by atoms with E-state index in [4.69, 9.17) is 10.5 Å². The van der Waals surface area contributed by atoms with E-state index in [0.29, 0.717) is 5.75 Å². The van der Waals surface area contributed by atoms with Gasteiger partial charge in [-0.3, -0.25) is 0 Å². The van der Waals surface area contributed by atoms with E-state index in [1.807, 2.05) is 0 Å². The van der Waals surface area contributed by atoms with Crippen molar-refractivity contribution in [3.8, 4) is 5.75 Å². The first-order chi connectivity index (χ1) is 6.56. The number of hydrogen-bond acceptors (Lipinski definition) is 3. The van der Waals surface area contributed by atoms with Gasteiger partial charge in [0.05, 0.1) is 19.3 Å². The van der Waals surface area contributed by atoms with Gasteiger partial charge >= 0.3 is 0 Å². The summed E-state index contributed by atoms with van der Waals surface area (Å²) < 4.78 is 18.2. The molecule has 0 unspecified atom stereocenters. The number of ether oxygens (including phenoxy) is 1. The van der Waals surface area contributed by atoms with Crippen molar-refractivity contribution in [2.45, 2.75) is 19.1 Å². The highest BCUT2D eigenvalue weighted by Crippen LogP contribution is 2.22. The van der Waals surface area contributed by atoms with Crippen LogP contribution < -0.4 is 10.5 Å². The van der Waals surface area contributed by atoms with E-state index in [9.17, 15) is 9.50 Å². The summed E-state index contributed by atoms with van der Waals surface area (Å²) in [6.45, 7) is 1.52. The molecule has 0 saturated carbocycles. The lowest BCUT2D eigenvalue weighted by Crippen LogP contribution is -2.24. The minimum atomic E-state index is -0.795. The highest BCUT2D eigenvalue weighted by molar-refractivity contribution is 5.32. The van der Waals surface area contributed by atoms with Crippen LogP contribution in [-0.4, -0.2) is 18.3 Å². The van der Waals surface area contributed by atoms with Crippen LogP contribution in [0.5, 0.6) is 5.75 Å². The molecule has 4 heteroatoms. The molecule has 14 heavy (non-hydrogen) atoms. The molecule has 78 valence electrons. The molecule has 0 spiro atoms. The molecule has 0 fully saturated rings. The Bertz CT molecular complexity index is 315. The summed E-state index contributed by atoms with van der Waals surface area (Å²) in [6, 6.07) is 3.54. The van der Waals surface area contributed by atoms with Crippen LogP contribution in [0, 0.1) is 5.82 Å². The van der Waals surface area contributed by atoms with Gasteiger partial charge in [-0.25, -0.2) is 4.39 Å². The topological polar surface area (TPSA) is 55.5 Å². The van der Waals surface area contributed by atoms with Crippen LogP contribution in [0.15, 0.2) is 18.2 Å². The molecular formula is C10H14FNO2. The van der Waals surface area contributed by atoms with Crippen molar-refractivity contribution in [2.24, 2.45) is 5.73 Å². The molecule has 0 saturated heterocycles. The summed E-state index contributed by atoms with van der Waals surface area (Å²) in [4.78, 5) is 0. The van der Waals surface area contributed by atoms with Crippen LogP contribution in [0.3, 0.4) is 0 Å². The van der Waals surface area contributed by atoms with Gasteiger partial charge in [0, 0.05) is 5.56 Å². The fourth-order valence-electron chi connectivity index (χ4n) is 1.16. The Hall–Kier alpha value is -1.13. The largest absolute Gasteiger partial charge is 0.497 e. The number of benzene rings is 1. The maximum atomic E-state index is 13.3. The summed E-state index contributed by atoms with van der Waals surface area (Å²) in [5, 5.41) is 9.23. The van der Waals surface area contributed by atoms with Gasteiger partial charge in [0.1, 0.15) is 11.6 Å². The molecule has 1 rings (SSSR count). The van der Waals surface area contributed by atoms with Crippen LogP contribution in [0.2, 0.25) is 0 Å². The van der Waals surface area contributed by atoms with E-state index in [2.05, 4.69) is 0 Å². The van der Waals surface area contributed by atoms with Crippen molar-refractivity contribution in [2.75, 3.05) is 7.11 Å². The van der Waals surface area contributed by atoms with Gasteiger partial charge in [0.2, 0.25) is 0 Å². The second-order valence-electron chi connectivity index (χ2n) is 3.15. The first-order valence-corrected chi connectivity index (χ1v) is 4.33. The standard InChI is InChI=1S/C10H14FNO2/c1-6(13)10(12)8-5-7(14-2)3-4-9(8)11/h3-6,10,13H,12H2,1-2H3/t6-,10+/m0/s1. The third kappa shape index (κ3) is 2.21. The minimum absolute atomic E-state index is 0.263. The van der Waals surface area contributed by atoms with Crippen LogP contribution in [0.4, 0.5) is 4.39 Å². The zero-order valence-corrected chi connectivity index (χ0v) is 8.20. The molecule has 3 N–H and O–H groups in total. The Kier molecular flexibility index (Phi) is 3.43. The van der Waals surface area contributed by atoms with Gasteiger partial charge < -0.3 is 15.6 Å². The number of methoxy groups -OCH3 is 1. The molecule has 0 radical (unpaired) electrons. The van der Waals surface area contributed by atoms with E-state index in [0.717, 1.165) is 0 Å². The number of halogens is 1. The van der Waals surface area contributed by atoms with Crippen molar-refractivity contribution in [3.05, 3.63) is 29.6 Å². The zero-order valence-electron chi connectivity index (χ0n) is 8.20. The van der Waals surface area contributed by atoms with Gasteiger partial charge in [0.15, 0.2) is 0 Å². The Morgan fingerprint density at radius 2 is 2.14 bits per heavy atom. The summed E-state index contributed by atoms with van der Waals surface area (Å²) in [5.74, 6) is 0.0942. The maximum absolute atomic E-state index is 13.3. The summed E-state index contributed by atoms with van der Waals surface area (Å²) in [6.07, 6.45) is -0.795. The van der Waals surface area contributed by atoms with Crippen LogP contribution in [-0.2, 0) is 0 Å². The molecule has 1 aromatic rings. The average Bonchev–Trinajstić information content (AvgIpc) is 2.17. The molecule has 2 atom stereocenters. The number of nitrogens with two attached hydrogens (primary N) is 1. The van der Waals surface area contributed by atoms with Gasteiger partial charge in [-0.05, 0) is 25.1 Å². The molecule has 1 aromatic carbocycles. The Morgan fingerprint density at radius 3 is 2.64 bits per heavy atom. The van der Waals surface area contributed by atoms with Crippen molar-refractivity contribution in [3.63, 3.8) is 0 Å². The molecule has 0 amide bonds. The van der Waals surface area contributed by atoms with Crippen molar-refractivity contribution in [1.29, 1.82) is 0 Å². The lowest BCUT2D eigenvalue weighted by Gasteiger charge is -2.16. The summed E-state index contributed by atoms with van der Waals surface area (Å²) in [7, 11) is 1.49. The number of aliphatic hydroxyl groups excluding tert-OH is 1. The molecule has 3 nitrogen and oxygen atoms in total. The quantitative estimate of drug-likeness (QED) is 0.769. The van der Waals surface area contributed by atoms with E-state index in [1.165, 1.54) is 32.2 Å². The van der Waals surface area contributed by atoms with Crippen molar-refractivity contribution >= 4 is 0 Å². The zero-order chi connectivity index (χ0) is 10.7. The molecule has 0 bridgehead atoms. The first kappa shape index (κ1) is 10.9. The molecular weight excluding hydrogens is 185 g/mol. The van der Waals surface area contributed by atoms with Crippen molar-refractivity contribution in [1.82, 2.24) is 0 Å². The van der Waals surface area contributed by atoms with E-state index in [1.54, 1.807) is 0 Å². The summed E-state index contributed by atoms with van der Waals surface area (Å²) in [5.41, 5.74) is 5.88. The predicted octanol–water partition coefficient (Wildman–Crippen LogP) is 1.21. The number of hydrogen-bond donors (Lipinski definition) is 2. The Balaban J connectivity index is 3.05. The van der Waals surface area contributed by atoms with Crippen LogP contribution in [0.1, 0.15) is 18.5 Å². The molecule has 0 aliphatic rings. The lowest BCUT2D eigenvalue weighted by atomic mass is 10.0. The number of rotatable bonds is 3. The lowest BCUT2D eigenvalue weighted by molar-refractivity contribution is 0.162. The average molecular weight is 199 g/mol. The monoisotopic (exact) mass is 199 g/mol. The molecule has 0 aliphatic carbocycles. The van der Waals surface area contributed by atoms with Gasteiger partial charge in [-0.15, -0.1) is 0 Å². The molecule has 0 heterocycles. The predicted molar refractivity (Wildman–Crippen MR) is 51.6 cm³/mol. The SMILES string of the molecule is COc1ccc(F)c([C@H](N)[C@H](C)O)c1. The summed E-state index contributed by atoms with van der Waals surface area (Å²) >= 11 is 0. The second kappa shape index (κ2) is 4.39. The Morgan fingerprint density at radius 1 is 1.50 bits per heavy atom. The highest BCUT2D eigenvalue weighted by atomic mass is 19.1. The third-order valence-electron chi connectivity index (χ3n) is 2.08. The molecule has 0 aromatic heterocycles. The van der Waals surface area contributed by atoms with E-state index >= 15 is 0 Å². The van der Waals surface area contributed by atoms with E-state index in [-0.39, 0.29) is 5.56 Å². The number of aliphatic hydroxyl groups is 1. The van der Waals surface area contributed by atoms with Gasteiger partial charge in [-0.2, -0.15) is 0 Å².